The Morgan fingerprint density at radius 2 is 1.94 bits per heavy atom. The fraction of sp³-hybridized carbons (Fsp3) is 0.708. The minimum atomic E-state index is 0. The van der Waals surface area contributed by atoms with Gasteiger partial charge in [0, 0.05) is 39.9 Å². The maximum atomic E-state index is 6.12. The molecule has 1 unspecified atom stereocenters. The summed E-state index contributed by atoms with van der Waals surface area (Å²) in [7, 11) is 1.86. The quantitative estimate of drug-likeness (QED) is 0.209. The summed E-state index contributed by atoms with van der Waals surface area (Å²) < 4.78 is 17.7. The van der Waals surface area contributed by atoms with Gasteiger partial charge in [-0.1, -0.05) is 30.3 Å². The highest BCUT2D eigenvalue weighted by molar-refractivity contribution is 14.0. The van der Waals surface area contributed by atoms with Crippen LogP contribution in [0.5, 0.6) is 0 Å². The zero-order valence-electron chi connectivity index (χ0n) is 19.0. The molecule has 1 aromatic carbocycles. The zero-order chi connectivity index (χ0) is 20.9. The minimum absolute atomic E-state index is 0. The second-order valence-electron chi connectivity index (χ2n) is 8.18. The summed E-state index contributed by atoms with van der Waals surface area (Å²) in [5.74, 6) is 0.994. The van der Waals surface area contributed by atoms with Crippen LogP contribution in [0.3, 0.4) is 0 Å². The number of benzene rings is 1. The lowest BCUT2D eigenvalue weighted by Crippen LogP contribution is -2.47. The predicted molar refractivity (Wildman–Crippen MR) is 136 cm³/mol. The van der Waals surface area contributed by atoms with Crippen molar-refractivity contribution in [3.63, 3.8) is 0 Å². The van der Waals surface area contributed by atoms with Gasteiger partial charge in [0.25, 0.3) is 0 Å². The first-order valence-electron chi connectivity index (χ1n) is 11.7. The van der Waals surface area contributed by atoms with E-state index in [0.29, 0.717) is 12.2 Å². The van der Waals surface area contributed by atoms with E-state index in [1.165, 1.54) is 18.4 Å². The molecule has 6 nitrogen and oxygen atoms in total. The lowest BCUT2D eigenvalue weighted by atomic mass is 10.1. The van der Waals surface area contributed by atoms with Gasteiger partial charge < -0.3 is 24.4 Å². The van der Waals surface area contributed by atoms with Crippen molar-refractivity contribution in [1.29, 1.82) is 0 Å². The van der Waals surface area contributed by atoms with Crippen LogP contribution in [0.4, 0.5) is 0 Å². The summed E-state index contributed by atoms with van der Waals surface area (Å²) in [6, 6.07) is 10.5. The highest BCUT2D eigenvalue weighted by Gasteiger charge is 2.23. The molecule has 2 saturated heterocycles. The molecule has 0 radical (unpaired) electrons. The van der Waals surface area contributed by atoms with Gasteiger partial charge in [0.15, 0.2) is 5.96 Å². The number of rotatable bonds is 10. The van der Waals surface area contributed by atoms with Crippen molar-refractivity contribution < 1.29 is 14.2 Å². The maximum absolute atomic E-state index is 6.12. The average molecular weight is 546 g/mol. The lowest BCUT2D eigenvalue weighted by molar-refractivity contribution is -0.0721. The van der Waals surface area contributed by atoms with Crippen LogP contribution in [0.1, 0.15) is 44.1 Å². The number of aliphatic imine (C=N–C) groups is 1. The Bertz CT molecular complexity index is 603. The summed E-state index contributed by atoms with van der Waals surface area (Å²) in [4.78, 5) is 6.80. The highest BCUT2D eigenvalue weighted by atomic mass is 127. The van der Waals surface area contributed by atoms with Gasteiger partial charge in [-0.3, -0.25) is 4.99 Å². The van der Waals surface area contributed by atoms with Crippen LogP contribution in [0.25, 0.3) is 0 Å². The maximum Gasteiger partial charge on any atom is 0.193 e. The van der Waals surface area contributed by atoms with Gasteiger partial charge in [0.2, 0.25) is 0 Å². The van der Waals surface area contributed by atoms with E-state index < -0.39 is 0 Å². The van der Waals surface area contributed by atoms with Gasteiger partial charge in [-0.05, 0) is 50.5 Å². The van der Waals surface area contributed by atoms with Crippen LogP contribution in [0, 0.1) is 0 Å². The largest absolute Gasteiger partial charge is 0.381 e. The molecule has 1 N–H and O–H groups in total. The standard InChI is InChI=1S/C24H39N3O3.HI/c1-25-24(26-14-7-17-28-19-13-21-8-3-2-4-9-21)27-15-11-22(12-16-27)30-20-23-10-5-6-18-29-23;/h2-4,8-9,22-23H,5-7,10-20H2,1H3,(H,25,26);1H. The van der Waals surface area contributed by atoms with Crippen LogP contribution in [0.15, 0.2) is 35.3 Å². The van der Waals surface area contributed by atoms with E-state index in [4.69, 9.17) is 14.2 Å². The topological polar surface area (TPSA) is 55.3 Å². The zero-order valence-corrected chi connectivity index (χ0v) is 21.3. The van der Waals surface area contributed by atoms with Crippen LogP contribution >= 0.6 is 24.0 Å². The number of guanidine groups is 1. The van der Waals surface area contributed by atoms with E-state index in [-0.39, 0.29) is 24.0 Å². The number of hydrogen-bond acceptors (Lipinski definition) is 4. The summed E-state index contributed by atoms with van der Waals surface area (Å²) >= 11 is 0. The smallest absolute Gasteiger partial charge is 0.193 e. The highest BCUT2D eigenvalue weighted by Crippen LogP contribution is 2.18. The van der Waals surface area contributed by atoms with Crippen LogP contribution < -0.4 is 5.32 Å². The van der Waals surface area contributed by atoms with Gasteiger partial charge in [0.1, 0.15) is 0 Å². The van der Waals surface area contributed by atoms with Crippen molar-refractivity contribution in [3.8, 4) is 0 Å². The third-order valence-corrected chi connectivity index (χ3v) is 5.87. The molecule has 1 aromatic rings. The number of likely N-dealkylation sites (tertiary alicyclic amines) is 1. The number of halogens is 1. The second-order valence-corrected chi connectivity index (χ2v) is 8.18. The lowest BCUT2D eigenvalue weighted by Gasteiger charge is -2.35. The van der Waals surface area contributed by atoms with E-state index in [0.717, 1.165) is 84.1 Å². The molecule has 7 heteroatoms. The molecule has 1 atom stereocenters. The van der Waals surface area contributed by atoms with Gasteiger partial charge >= 0.3 is 0 Å². The Hall–Kier alpha value is -0.900. The van der Waals surface area contributed by atoms with E-state index >= 15 is 0 Å². The second kappa shape index (κ2) is 15.8. The predicted octanol–water partition coefficient (Wildman–Crippen LogP) is 3.88. The molecule has 176 valence electrons. The number of nitrogens with zero attached hydrogens (tertiary/aromatic N) is 2. The van der Waals surface area contributed by atoms with Crippen LogP contribution in [-0.4, -0.2) is 76.2 Å². The molecule has 3 rings (SSSR count). The summed E-state index contributed by atoms with van der Waals surface area (Å²) in [6.45, 7) is 6.06. The third kappa shape index (κ3) is 10.1. The van der Waals surface area contributed by atoms with E-state index in [2.05, 4.69) is 39.5 Å². The molecule has 0 amide bonds. The normalized spacial score (nSPS) is 20.4. The Morgan fingerprint density at radius 1 is 1.13 bits per heavy atom. The van der Waals surface area contributed by atoms with E-state index in [9.17, 15) is 0 Å². The monoisotopic (exact) mass is 545 g/mol. The molecule has 2 aliphatic rings. The Kier molecular flexibility index (Phi) is 13.5. The first-order valence-corrected chi connectivity index (χ1v) is 11.7. The summed E-state index contributed by atoms with van der Waals surface area (Å²) in [5, 5.41) is 3.48. The summed E-state index contributed by atoms with van der Waals surface area (Å²) in [5.41, 5.74) is 1.33. The molecular formula is C24H40IN3O3. The molecule has 0 aromatic heterocycles. The number of ether oxygens (including phenoxy) is 3. The molecule has 2 fully saturated rings. The van der Waals surface area contributed by atoms with Crippen molar-refractivity contribution >= 4 is 29.9 Å². The molecule has 31 heavy (non-hydrogen) atoms. The van der Waals surface area contributed by atoms with Gasteiger partial charge in [0.05, 0.1) is 25.4 Å². The first kappa shape index (κ1) is 26.4. The van der Waals surface area contributed by atoms with E-state index in [1.54, 1.807) is 0 Å². The number of hydrogen-bond donors (Lipinski definition) is 1. The van der Waals surface area contributed by atoms with Crippen molar-refractivity contribution in [1.82, 2.24) is 10.2 Å². The fourth-order valence-electron chi connectivity index (χ4n) is 4.06. The van der Waals surface area contributed by atoms with Gasteiger partial charge in [-0.2, -0.15) is 0 Å². The molecule has 0 aliphatic carbocycles. The molecule has 0 spiro atoms. The van der Waals surface area contributed by atoms with Crippen LogP contribution in [-0.2, 0) is 20.6 Å². The fourth-order valence-corrected chi connectivity index (χ4v) is 4.06. The number of piperidine rings is 1. The van der Waals surface area contributed by atoms with Crippen molar-refractivity contribution in [2.75, 3.05) is 53.1 Å². The molecular weight excluding hydrogens is 505 g/mol. The number of nitrogens with one attached hydrogen (secondary N) is 1. The third-order valence-electron chi connectivity index (χ3n) is 5.87. The molecule has 2 aliphatic heterocycles. The Labute approximate surface area is 205 Å². The Balaban J connectivity index is 0.00000341. The van der Waals surface area contributed by atoms with Gasteiger partial charge in [-0.25, -0.2) is 0 Å². The molecule has 0 saturated carbocycles. The average Bonchev–Trinajstić information content (AvgIpc) is 2.81. The Morgan fingerprint density at radius 3 is 2.65 bits per heavy atom. The van der Waals surface area contributed by atoms with Crippen molar-refractivity contribution in [2.45, 2.75) is 57.2 Å². The van der Waals surface area contributed by atoms with E-state index in [1.807, 2.05) is 13.1 Å². The molecule has 0 bridgehead atoms. The SMILES string of the molecule is CN=C(NCCCOCCc1ccccc1)N1CCC(OCC2CCCCO2)CC1.I. The van der Waals surface area contributed by atoms with Crippen molar-refractivity contribution in [3.05, 3.63) is 35.9 Å². The van der Waals surface area contributed by atoms with Crippen molar-refractivity contribution in [2.24, 2.45) is 4.99 Å². The van der Waals surface area contributed by atoms with Crippen LogP contribution in [0.2, 0.25) is 0 Å². The summed E-state index contributed by atoms with van der Waals surface area (Å²) in [6.07, 6.45) is 8.32. The first-order chi connectivity index (χ1) is 14.8. The van der Waals surface area contributed by atoms with Gasteiger partial charge in [-0.15, -0.1) is 24.0 Å². The minimum Gasteiger partial charge on any atom is -0.381 e. The molecule has 2 heterocycles.